The quantitative estimate of drug-likeness (QED) is 0.831. The van der Waals surface area contributed by atoms with Crippen LogP contribution >= 0.6 is 0 Å². The lowest BCUT2D eigenvalue weighted by molar-refractivity contribution is 0.151. The smallest absolute Gasteiger partial charge is 0.243 e. The van der Waals surface area contributed by atoms with E-state index in [0.717, 1.165) is 5.56 Å². The Morgan fingerprint density at radius 1 is 1.14 bits per heavy atom. The molecular formula is C14H19N3O3S. The number of nitriles is 1. The summed E-state index contributed by atoms with van der Waals surface area (Å²) in [7, 11) is -3.47. The van der Waals surface area contributed by atoms with E-state index in [4.69, 9.17) is 10.4 Å². The van der Waals surface area contributed by atoms with Gasteiger partial charge in [-0.3, -0.25) is 4.90 Å². The molecule has 1 aromatic rings. The number of piperazine rings is 1. The van der Waals surface area contributed by atoms with Crippen molar-refractivity contribution < 1.29 is 13.5 Å². The third-order valence-electron chi connectivity index (χ3n) is 3.59. The van der Waals surface area contributed by atoms with Gasteiger partial charge in [-0.1, -0.05) is 12.1 Å². The van der Waals surface area contributed by atoms with Crippen LogP contribution in [0.3, 0.4) is 0 Å². The number of β-amino-alcohol motifs (C(OH)–C–C–N with tert-alkyl or cyclic N) is 1. The van der Waals surface area contributed by atoms with Crippen molar-refractivity contribution in [2.24, 2.45) is 0 Å². The Morgan fingerprint density at radius 2 is 1.76 bits per heavy atom. The molecule has 1 fully saturated rings. The molecular weight excluding hydrogens is 290 g/mol. The predicted molar refractivity (Wildman–Crippen MR) is 78.0 cm³/mol. The minimum absolute atomic E-state index is 0.0904. The topological polar surface area (TPSA) is 84.6 Å². The molecule has 0 spiro atoms. The summed E-state index contributed by atoms with van der Waals surface area (Å²) in [6.07, 6.45) is 0.278. The molecule has 0 bridgehead atoms. The summed E-state index contributed by atoms with van der Waals surface area (Å²) < 4.78 is 26.5. The lowest BCUT2D eigenvalue weighted by Crippen LogP contribution is -2.49. The second-order valence-corrected chi connectivity index (χ2v) is 6.89. The van der Waals surface area contributed by atoms with Gasteiger partial charge in [0.2, 0.25) is 10.0 Å². The highest BCUT2D eigenvalue weighted by Gasteiger charge is 2.28. The van der Waals surface area contributed by atoms with Crippen molar-refractivity contribution in [2.45, 2.75) is 11.3 Å². The maximum atomic E-state index is 12.5. The van der Waals surface area contributed by atoms with Crippen LogP contribution in [0.1, 0.15) is 5.56 Å². The van der Waals surface area contributed by atoms with Crippen LogP contribution < -0.4 is 0 Å². The summed E-state index contributed by atoms with van der Waals surface area (Å²) in [5, 5.41) is 17.5. The van der Waals surface area contributed by atoms with E-state index < -0.39 is 10.0 Å². The summed E-state index contributed by atoms with van der Waals surface area (Å²) in [5.41, 5.74) is 0.809. The number of hydrogen-bond acceptors (Lipinski definition) is 5. The third kappa shape index (κ3) is 3.80. The van der Waals surface area contributed by atoms with E-state index in [1.807, 2.05) is 11.0 Å². The van der Waals surface area contributed by atoms with Crippen LogP contribution in [0.4, 0.5) is 0 Å². The number of aliphatic hydroxyl groups excluding tert-OH is 1. The van der Waals surface area contributed by atoms with Crippen LogP contribution in [-0.4, -0.2) is 62.1 Å². The van der Waals surface area contributed by atoms with Gasteiger partial charge < -0.3 is 5.11 Å². The van der Waals surface area contributed by atoms with E-state index >= 15 is 0 Å². The van der Waals surface area contributed by atoms with Crippen LogP contribution in [-0.2, 0) is 16.4 Å². The fourth-order valence-corrected chi connectivity index (χ4v) is 3.78. The highest BCUT2D eigenvalue weighted by molar-refractivity contribution is 7.89. The molecule has 0 aromatic heterocycles. The van der Waals surface area contributed by atoms with Crippen LogP contribution in [0.5, 0.6) is 0 Å². The zero-order valence-electron chi connectivity index (χ0n) is 11.8. The summed E-state index contributed by atoms with van der Waals surface area (Å²) in [6, 6.07) is 8.51. The summed E-state index contributed by atoms with van der Waals surface area (Å²) in [5.74, 6) is 0. The van der Waals surface area contributed by atoms with E-state index in [1.165, 1.54) is 4.31 Å². The molecule has 1 N–H and O–H groups in total. The molecule has 1 saturated heterocycles. The molecule has 7 heteroatoms. The summed E-state index contributed by atoms with van der Waals surface area (Å²) >= 11 is 0. The number of aliphatic hydroxyl groups is 1. The molecule has 0 atom stereocenters. The second-order valence-electron chi connectivity index (χ2n) is 4.95. The van der Waals surface area contributed by atoms with Crippen LogP contribution in [0, 0.1) is 11.3 Å². The molecule has 1 aliphatic heterocycles. The van der Waals surface area contributed by atoms with Gasteiger partial charge >= 0.3 is 0 Å². The van der Waals surface area contributed by atoms with Crippen LogP contribution in [0.15, 0.2) is 29.2 Å². The minimum Gasteiger partial charge on any atom is -0.395 e. The van der Waals surface area contributed by atoms with Gasteiger partial charge in [0.25, 0.3) is 0 Å². The molecule has 21 heavy (non-hydrogen) atoms. The second kappa shape index (κ2) is 7.00. The van der Waals surface area contributed by atoms with E-state index in [2.05, 4.69) is 0 Å². The van der Waals surface area contributed by atoms with Crippen molar-refractivity contribution in [2.75, 3.05) is 39.3 Å². The van der Waals surface area contributed by atoms with Gasteiger partial charge in [-0.25, -0.2) is 8.42 Å². The Labute approximate surface area is 125 Å². The largest absolute Gasteiger partial charge is 0.395 e. The summed E-state index contributed by atoms with van der Waals surface area (Å²) in [6.45, 7) is 2.80. The summed E-state index contributed by atoms with van der Waals surface area (Å²) in [4.78, 5) is 2.31. The molecule has 0 saturated carbocycles. The molecule has 0 aliphatic carbocycles. The molecule has 0 amide bonds. The van der Waals surface area contributed by atoms with Crippen molar-refractivity contribution in [1.29, 1.82) is 5.26 Å². The van der Waals surface area contributed by atoms with Gasteiger partial charge in [-0.2, -0.15) is 9.57 Å². The van der Waals surface area contributed by atoms with Gasteiger partial charge in [0, 0.05) is 32.7 Å². The Morgan fingerprint density at radius 3 is 2.29 bits per heavy atom. The van der Waals surface area contributed by atoms with Crippen molar-refractivity contribution in [3.63, 3.8) is 0 Å². The van der Waals surface area contributed by atoms with Gasteiger partial charge in [0.1, 0.15) is 0 Å². The fourth-order valence-electron chi connectivity index (χ4n) is 2.35. The monoisotopic (exact) mass is 309 g/mol. The molecule has 1 aliphatic rings. The number of hydrogen-bond donors (Lipinski definition) is 1. The molecule has 1 heterocycles. The first kappa shape index (κ1) is 15.9. The maximum Gasteiger partial charge on any atom is 0.243 e. The third-order valence-corrected chi connectivity index (χ3v) is 5.50. The van der Waals surface area contributed by atoms with Crippen molar-refractivity contribution in [3.05, 3.63) is 29.8 Å². The maximum absolute atomic E-state index is 12.5. The van der Waals surface area contributed by atoms with Crippen molar-refractivity contribution >= 4 is 10.0 Å². The van der Waals surface area contributed by atoms with Gasteiger partial charge in [-0.15, -0.1) is 0 Å². The van der Waals surface area contributed by atoms with Crippen LogP contribution in [0.25, 0.3) is 0 Å². The minimum atomic E-state index is -3.47. The first-order chi connectivity index (χ1) is 10.1. The Hall–Kier alpha value is -1.46. The Bertz CT molecular complexity index is 599. The zero-order valence-corrected chi connectivity index (χ0v) is 12.6. The number of benzene rings is 1. The average molecular weight is 309 g/mol. The van der Waals surface area contributed by atoms with Gasteiger partial charge in [0.15, 0.2) is 0 Å². The molecule has 0 radical (unpaired) electrons. The zero-order chi connectivity index (χ0) is 15.3. The highest BCUT2D eigenvalue weighted by atomic mass is 32.2. The molecule has 6 nitrogen and oxygen atoms in total. The Kier molecular flexibility index (Phi) is 5.31. The van der Waals surface area contributed by atoms with E-state index in [-0.39, 0.29) is 17.9 Å². The van der Waals surface area contributed by atoms with E-state index in [1.54, 1.807) is 24.3 Å². The molecule has 0 unspecified atom stereocenters. The lowest BCUT2D eigenvalue weighted by Gasteiger charge is -2.33. The first-order valence-corrected chi connectivity index (χ1v) is 8.31. The SMILES string of the molecule is N#CCc1ccc(S(=O)(=O)N2CCN(CCO)CC2)cc1. The molecule has 2 rings (SSSR count). The Balaban J connectivity index is 2.07. The number of sulfonamides is 1. The molecule has 1 aromatic carbocycles. The van der Waals surface area contributed by atoms with Gasteiger partial charge in [0.05, 0.1) is 24.0 Å². The highest BCUT2D eigenvalue weighted by Crippen LogP contribution is 2.18. The average Bonchev–Trinajstić information content (AvgIpc) is 2.49. The van der Waals surface area contributed by atoms with Gasteiger partial charge in [-0.05, 0) is 17.7 Å². The normalized spacial score (nSPS) is 17.5. The molecule has 114 valence electrons. The lowest BCUT2D eigenvalue weighted by atomic mass is 10.2. The van der Waals surface area contributed by atoms with E-state index in [9.17, 15) is 8.42 Å². The number of rotatable bonds is 5. The van der Waals surface area contributed by atoms with Crippen molar-refractivity contribution in [1.82, 2.24) is 9.21 Å². The first-order valence-electron chi connectivity index (χ1n) is 6.87. The van der Waals surface area contributed by atoms with Crippen LogP contribution in [0.2, 0.25) is 0 Å². The predicted octanol–water partition coefficient (Wildman–Crippen LogP) is 0.0513. The van der Waals surface area contributed by atoms with E-state index in [0.29, 0.717) is 32.7 Å². The fraction of sp³-hybridized carbons (Fsp3) is 0.500. The standard InChI is InChI=1S/C14H19N3O3S/c15-6-5-13-1-3-14(4-2-13)21(19,20)17-9-7-16(8-10-17)11-12-18/h1-4,18H,5,7-12H2. The van der Waals surface area contributed by atoms with Crippen molar-refractivity contribution in [3.8, 4) is 6.07 Å². The number of nitrogens with zero attached hydrogens (tertiary/aromatic N) is 3.